The number of halogens is 1. The number of ether oxygens (including phenoxy) is 2. The highest BCUT2D eigenvalue weighted by Crippen LogP contribution is 2.25. The van der Waals surface area contributed by atoms with Gasteiger partial charge in [-0.15, -0.1) is 0 Å². The van der Waals surface area contributed by atoms with E-state index < -0.39 is 12.1 Å². The minimum Gasteiger partial charge on any atom is -0.490 e. The number of hydrogen-bond acceptors (Lipinski definition) is 4. The number of nitrogens with zero attached hydrogens (tertiary/aromatic N) is 1. The summed E-state index contributed by atoms with van der Waals surface area (Å²) in [7, 11) is 0. The zero-order valence-corrected chi connectivity index (χ0v) is 22.9. The van der Waals surface area contributed by atoms with Crippen LogP contribution in [0.3, 0.4) is 0 Å². The molecule has 204 valence electrons. The molecule has 5 aromatic rings. The van der Waals surface area contributed by atoms with Gasteiger partial charge in [0.05, 0.1) is 17.8 Å². The number of benzene rings is 4. The van der Waals surface area contributed by atoms with Crippen molar-refractivity contribution < 1.29 is 19.4 Å². The lowest BCUT2D eigenvalue weighted by atomic mass is 10.1. The van der Waals surface area contributed by atoms with Crippen LogP contribution < -0.4 is 4.74 Å². The molecular formula is C35H28ClNO4. The van der Waals surface area contributed by atoms with Crippen LogP contribution in [-0.2, 0) is 4.74 Å². The van der Waals surface area contributed by atoms with Gasteiger partial charge in [0.2, 0.25) is 0 Å². The van der Waals surface area contributed by atoms with Gasteiger partial charge in [0.15, 0.2) is 0 Å². The van der Waals surface area contributed by atoms with E-state index in [0.717, 1.165) is 33.3 Å². The van der Waals surface area contributed by atoms with E-state index in [2.05, 4.69) is 0 Å². The highest BCUT2D eigenvalue weighted by Gasteiger charge is 2.16. The molecule has 0 aliphatic carbocycles. The number of fused-ring (bicyclic) bond motifs is 1. The van der Waals surface area contributed by atoms with Gasteiger partial charge in [0.1, 0.15) is 24.0 Å². The van der Waals surface area contributed by atoms with E-state index in [0.29, 0.717) is 17.4 Å². The molecule has 6 heteroatoms. The smallest absolute Gasteiger partial charge is 0.339 e. The van der Waals surface area contributed by atoms with Crippen LogP contribution in [0.2, 0.25) is 5.02 Å². The fraction of sp³-hybridized carbons (Fsp3) is 0.0857. The summed E-state index contributed by atoms with van der Waals surface area (Å²) in [6, 6.07) is 34.2. The molecule has 41 heavy (non-hydrogen) atoms. The largest absolute Gasteiger partial charge is 0.490 e. The van der Waals surface area contributed by atoms with Crippen molar-refractivity contribution in [3.63, 3.8) is 0 Å². The van der Waals surface area contributed by atoms with Crippen LogP contribution >= 0.6 is 11.6 Å². The van der Waals surface area contributed by atoms with Crippen LogP contribution in [0, 0.1) is 0 Å². The number of rotatable bonds is 11. The minimum atomic E-state index is -1.04. The highest BCUT2D eigenvalue weighted by molar-refractivity contribution is 6.31. The Bertz CT molecular complexity index is 1700. The molecule has 1 atom stereocenters. The molecule has 0 aliphatic rings. The van der Waals surface area contributed by atoms with Crippen molar-refractivity contribution in [2.45, 2.75) is 6.10 Å². The normalized spacial score (nSPS) is 12.2. The van der Waals surface area contributed by atoms with E-state index in [1.807, 2.05) is 109 Å². The van der Waals surface area contributed by atoms with Crippen LogP contribution in [0.4, 0.5) is 0 Å². The highest BCUT2D eigenvalue weighted by atomic mass is 35.5. The average Bonchev–Trinajstić information content (AvgIpc) is 3.00. The Labute approximate surface area is 244 Å². The van der Waals surface area contributed by atoms with Gasteiger partial charge < -0.3 is 14.6 Å². The Morgan fingerprint density at radius 3 is 2.46 bits per heavy atom. The van der Waals surface area contributed by atoms with Gasteiger partial charge in [-0.1, -0.05) is 103 Å². The quantitative estimate of drug-likeness (QED) is 0.175. The summed E-state index contributed by atoms with van der Waals surface area (Å²) in [6.07, 6.45) is 7.47. The second-order valence-electron chi connectivity index (χ2n) is 9.32. The Kier molecular flexibility index (Phi) is 9.22. The van der Waals surface area contributed by atoms with E-state index in [9.17, 15) is 9.90 Å². The van der Waals surface area contributed by atoms with Gasteiger partial charge in [-0.3, -0.25) is 0 Å². The Hall–Kier alpha value is -4.71. The first kappa shape index (κ1) is 27.8. The van der Waals surface area contributed by atoms with Crippen molar-refractivity contribution in [3.8, 4) is 5.75 Å². The molecule has 0 saturated carbocycles. The molecule has 0 spiro atoms. The molecule has 1 aromatic heterocycles. The van der Waals surface area contributed by atoms with Crippen molar-refractivity contribution in [2.75, 3.05) is 13.2 Å². The van der Waals surface area contributed by atoms with Crippen LogP contribution in [0.1, 0.15) is 38.8 Å². The van der Waals surface area contributed by atoms with Crippen LogP contribution in [0.5, 0.6) is 5.75 Å². The summed E-state index contributed by atoms with van der Waals surface area (Å²) >= 11 is 6.14. The maximum absolute atomic E-state index is 11.7. The summed E-state index contributed by atoms with van der Waals surface area (Å²) in [5.74, 6) is -0.743. The van der Waals surface area contributed by atoms with Crippen LogP contribution in [0.15, 0.2) is 115 Å². The lowest BCUT2D eigenvalue weighted by Gasteiger charge is -2.19. The van der Waals surface area contributed by atoms with Gasteiger partial charge in [-0.2, -0.15) is 0 Å². The third kappa shape index (κ3) is 7.70. The monoisotopic (exact) mass is 561 g/mol. The number of aromatic carboxylic acids is 1. The molecule has 1 heterocycles. The zero-order valence-electron chi connectivity index (χ0n) is 22.2. The van der Waals surface area contributed by atoms with Gasteiger partial charge in [0.25, 0.3) is 0 Å². The number of aromatic nitrogens is 1. The van der Waals surface area contributed by atoms with Crippen molar-refractivity contribution in [2.24, 2.45) is 0 Å². The third-order valence-electron chi connectivity index (χ3n) is 6.42. The Morgan fingerprint density at radius 2 is 1.61 bits per heavy atom. The first-order valence-electron chi connectivity index (χ1n) is 13.2. The maximum atomic E-state index is 11.7. The number of pyridine rings is 1. The predicted molar refractivity (Wildman–Crippen MR) is 165 cm³/mol. The number of carbonyl (C=O) groups is 1. The van der Waals surface area contributed by atoms with E-state index >= 15 is 0 Å². The van der Waals surface area contributed by atoms with Gasteiger partial charge in [-0.05, 0) is 59.2 Å². The molecule has 0 saturated heterocycles. The molecule has 1 unspecified atom stereocenters. The summed E-state index contributed by atoms with van der Waals surface area (Å²) in [5, 5.41) is 11.2. The van der Waals surface area contributed by atoms with Gasteiger partial charge >= 0.3 is 5.97 Å². The summed E-state index contributed by atoms with van der Waals surface area (Å²) in [6.45, 7) is 0.497. The standard InChI is InChI=1S/C35H28ClNO4/c36-29-18-16-27-17-20-30(37-32(27)23-29)19-15-26-10-6-12-28(22-26)34(40-21-7-11-25-8-2-1-3-9-25)24-41-33-14-5-4-13-31(33)35(38)39/h1-20,22-23,34H,21,24H2,(H,38,39)/b11-7+,19-15+. The van der Waals surface area contributed by atoms with Crippen molar-refractivity contribution >= 4 is 46.7 Å². The van der Waals surface area contributed by atoms with Gasteiger partial charge in [-0.25, -0.2) is 9.78 Å². The fourth-order valence-corrected chi connectivity index (χ4v) is 4.51. The fourth-order valence-electron chi connectivity index (χ4n) is 4.34. The Balaban J connectivity index is 1.35. The number of hydrogen-bond donors (Lipinski definition) is 1. The molecule has 0 bridgehead atoms. The molecule has 0 radical (unpaired) electrons. The zero-order chi connectivity index (χ0) is 28.4. The average molecular weight is 562 g/mol. The lowest BCUT2D eigenvalue weighted by Crippen LogP contribution is -2.15. The van der Waals surface area contributed by atoms with Crippen molar-refractivity contribution in [1.82, 2.24) is 4.98 Å². The van der Waals surface area contributed by atoms with E-state index in [-0.39, 0.29) is 12.2 Å². The molecule has 5 rings (SSSR count). The molecule has 0 aliphatic heterocycles. The second kappa shape index (κ2) is 13.6. The molecule has 1 N–H and O–H groups in total. The molecule has 0 amide bonds. The summed E-state index contributed by atoms with van der Waals surface area (Å²) in [5.41, 5.74) is 4.72. The topological polar surface area (TPSA) is 68.7 Å². The maximum Gasteiger partial charge on any atom is 0.339 e. The minimum absolute atomic E-state index is 0.107. The summed E-state index contributed by atoms with van der Waals surface area (Å²) < 4.78 is 12.2. The lowest BCUT2D eigenvalue weighted by molar-refractivity contribution is 0.0349. The van der Waals surface area contributed by atoms with E-state index in [1.54, 1.807) is 18.2 Å². The molecule has 4 aromatic carbocycles. The van der Waals surface area contributed by atoms with Gasteiger partial charge in [0, 0.05) is 10.4 Å². The van der Waals surface area contributed by atoms with Crippen molar-refractivity contribution in [1.29, 1.82) is 0 Å². The number of para-hydroxylation sites is 1. The first-order chi connectivity index (χ1) is 20.0. The third-order valence-corrected chi connectivity index (χ3v) is 6.65. The van der Waals surface area contributed by atoms with E-state index in [4.69, 9.17) is 26.1 Å². The van der Waals surface area contributed by atoms with Crippen LogP contribution in [-0.4, -0.2) is 29.3 Å². The predicted octanol–water partition coefficient (Wildman–Crippen LogP) is 8.61. The molecular weight excluding hydrogens is 534 g/mol. The number of carboxylic acid groups (broad SMARTS) is 1. The summed E-state index contributed by atoms with van der Waals surface area (Å²) in [4.78, 5) is 16.4. The van der Waals surface area contributed by atoms with Crippen molar-refractivity contribution in [3.05, 3.63) is 148 Å². The molecule has 0 fully saturated rings. The molecule has 5 nitrogen and oxygen atoms in total. The second-order valence-corrected chi connectivity index (χ2v) is 9.76. The van der Waals surface area contributed by atoms with E-state index in [1.165, 1.54) is 6.07 Å². The first-order valence-corrected chi connectivity index (χ1v) is 13.6. The SMILES string of the molecule is O=C(O)c1ccccc1OCC(OC/C=C/c1ccccc1)c1cccc(/C=C/c2ccc3ccc(Cl)cc3n2)c1. The Morgan fingerprint density at radius 1 is 0.829 bits per heavy atom. The number of carboxylic acids is 1. The van der Waals surface area contributed by atoms with Crippen LogP contribution in [0.25, 0.3) is 29.1 Å².